The molecule has 0 aliphatic carbocycles. The van der Waals surface area contributed by atoms with Gasteiger partial charge in [-0.3, -0.25) is 4.79 Å². The van der Waals surface area contributed by atoms with Crippen LogP contribution < -0.4 is 11.6 Å². The van der Waals surface area contributed by atoms with Crippen LogP contribution in [0.3, 0.4) is 0 Å². The number of amides is 2. The molecule has 0 fully saturated rings. The van der Waals surface area contributed by atoms with Crippen LogP contribution in [-0.2, 0) is 16.0 Å². The molecule has 0 unspecified atom stereocenters. The summed E-state index contributed by atoms with van der Waals surface area (Å²) >= 11 is 0. The molecular weight excluding hydrogens is 296 g/mol. The molecule has 0 saturated heterocycles. The van der Waals surface area contributed by atoms with Gasteiger partial charge in [0.1, 0.15) is 0 Å². The van der Waals surface area contributed by atoms with Crippen molar-refractivity contribution in [3.8, 4) is 0 Å². The number of ether oxygens (including phenoxy) is 1. The molecule has 0 aliphatic heterocycles. The van der Waals surface area contributed by atoms with E-state index in [0.29, 0.717) is 6.42 Å². The highest BCUT2D eigenvalue weighted by molar-refractivity contribution is 5.95. The van der Waals surface area contributed by atoms with Gasteiger partial charge in [-0.05, 0) is 38.3 Å². The highest BCUT2D eigenvalue weighted by Crippen LogP contribution is 2.09. The van der Waals surface area contributed by atoms with Crippen LogP contribution in [0.4, 0.5) is 4.79 Å². The fourth-order valence-electron chi connectivity index (χ4n) is 2.07. The summed E-state index contributed by atoms with van der Waals surface area (Å²) in [6, 6.07) is 6.52. The van der Waals surface area contributed by atoms with E-state index in [9.17, 15) is 9.59 Å². The van der Waals surface area contributed by atoms with Crippen LogP contribution in [0.5, 0.6) is 0 Å². The Labute approximate surface area is 136 Å². The lowest BCUT2D eigenvalue weighted by atomic mass is 10.0. The van der Waals surface area contributed by atoms with Crippen LogP contribution in [0.1, 0.15) is 31.9 Å². The predicted molar refractivity (Wildman–Crippen MR) is 88.9 cm³/mol. The summed E-state index contributed by atoms with van der Waals surface area (Å²) in [5.41, 5.74) is 7.63. The first-order valence-electron chi connectivity index (χ1n) is 7.48. The maximum absolute atomic E-state index is 12.4. The van der Waals surface area contributed by atoms with Crippen molar-refractivity contribution in [1.29, 1.82) is 0 Å². The summed E-state index contributed by atoms with van der Waals surface area (Å²) in [6.07, 6.45) is 0.839. The lowest BCUT2D eigenvalue weighted by molar-refractivity contribution is -0.130. The maximum atomic E-state index is 12.4. The molecule has 23 heavy (non-hydrogen) atoms. The predicted octanol–water partition coefficient (Wildman–Crippen LogP) is 1.24. The molecule has 0 saturated carbocycles. The maximum Gasteiger partial charge on any atom is 0.416 e. The first-order chi connectivity index (χ1) is 10.9. The zero-order chi connectivity index (χ0) is 17.4. The van der Waals surface area contributed by atoms with Crippen LogP contribution in [0.2, 0.25) is 0 Å². The number of rotatable bonds is 6. The number of nitrogens with two attached hydrogens (primary N) is 2. The van der Waals surface area contributed by atoms with Gasteiger partial charge >= 0.3 is 6.09 Å². The molecule has 0 bridgehead atoms. The Morgan fingerprint density at radius 2 is 2.09 bits per heavy atom. The number of carbonyl (C=O) groups is 2. The van der Waals surface area contributed by atoms with E-state index in [1.54, 1.807) is 20.8 Å². The van der Waals surface area contributed by atoms with E-state index < -0.39 is 18.0 Å². The van der Waals surface area contributed by atoms with Crippen molar-refractivity contribution in [1.82, 2.24) is 4.90 Å². The Morgan fingerprint density at radius 1 is 1.39 bits per heavy atom. The number of likely N-dealkylation sites (N-methyl/N-ethyl adjacent to an activating group) is 1. The Kier molecular flexibility index (Phi) is 7.21. The number of nitrogens with zero attached hydrogens (tertiary/aromatic N) is 2. The first kappa shape index (κ1) is 18.6. The number of hydrazone groups is 1. The van der Waals surface area contributed by atoms with E-state index in [0.717, 1.165) is 16.0 Å². The Morgan fingerprint density at radius 3 is 2.65 bits per heavy atom. The summed E-state index contributed by atoms with van der Waals surface area (Å²) in [5.74, 6) is 4.66. The highest BCUT2D eigenvalue weighted by Gasteiger charge is 2.27. The smallest absolute Gasteiger partial charge is 0.416 e. The average molecular weight is 320 g/mol. The minimum atomic E-state index is -0.834. The van der Waals surface area contributed by atoms with Crippen molar-refractivity contribution in [2.45, 2.75) is 39.3 Å². The Bertz CT molecular complexity index is 572. The lowest BCUT2D eigenvalue weighted by Gasteiger charge is -2.23. The molecule has 0 spiro atoms. The van der Waals surface area contributed by atoms with Gasteiger partial charge < -0.3 is 16.3 Å². The number of benzene rings is 1. The molecule has 0 aliphatic rings. The van der Waals surface area contributed by atoms with Crippen molar-refractivity contribution in [3.63, 3.8) is 0 Å². The van der Waals surface area contributed by atoms with Crippen molar-refractivity contribution in [2.24, 2.45) is 16.7 Å². The average Bonchev–Trinajstić information content (AvgIpc) is 2.47. The Balaban J connectivity index is 2.78. The molecule has 1 aromatic rings. The number of carbonyl (C=O) groups excluding carboxylic acids is 2. The van der Waals surface area contributed by atoms with Crippen molar-refractivity contribution < 1.29 is 14.3 Å². The summed E-state index contributed by atoms with van der Waals surface area (Å²) in [5, 5.41) is 3.46. The fraction of sp³-hybridized carbons (Fsp3) is 0.438. The zero-order valence-corrected chi connectivity index (χ0v) is 13.7. The van der Waals surface area contributed by atoms with Gasteiger partial charge in [-0.1, -0.05) is 24.3 Å². The van der Waals surface area contributed by atoms with Crippen LogP contribution >= 0.6 is 0 Å². The fourth-order valence-corrected chi connectivity index (χ4v) is 2.07. The van der Waals surface area contributed by atoms with Gasteiger partial charge in [0.15, 0.2) is 0 Å². The summed E-state index contributed by atoms with van der Waals surface area (Å²) in [6.45, 7) is 5.35. The normalized spacial score (nSPS) is 12.4. The van der Waals surface area contributed by atoms with Gasteiger partial charge in [-0.2, -0.15) is 5.10 Å². The second-order valence-electron chi connectivity index (χ2n) is 5.35. The van der Waals surface area contributed by atoms with E-state index >= 15 is 0 Å². The van der Waals surface area contributed by atoms with E-state index in [1.165, 1.54) is 6.21 Å². The minimum Gasteiger partial charge on any atom is -0.446 e. The molecule has 4 N–H and O–H groups in total. The molecule has 7 heteroatoms. The first-order valence-corrected chi connectivity index (χ1v) is 7.48. The number of hydrogen-bond donors (Lipinski definition) is 2. The SMILES string of the molecule is CCN(C(=O)OC(C)C)C(=O)[C@@H](N)Cc1cccc(C=NN)c1. The van der Waals surface area contributed by atoms with Gasteiger partial charge in [0.25, 0.3) is 0 Å². The third-order valence-electron chi connectivity index (χ3n) is 3.09. The molecule has 126 valence electrons. The van der Waals surface area contributed by atoms with Gasteiger partial charge in [-0.15, -0.1) is 0 Å². The van der Waals surface area contributed by atoms with Crippen LogP contribution in [-0.4, -0.2) is 41.8 Å². The topological polar surface area (TPSA) is 111 Å². The largest absolute Gasteiger partial charge is 0.446 e. The van der Waals surface area contributed by atoms with Gasteiger partial charge in [0.2, 0.25) is 5.91 Å². The Hall–Kier alpha value is -2.41. The second-order valence-corrected chi connectivity index (χ2v) is 5.35. The lowest BCUT2D eigenvalue weighted by Crippen LogP contribution is -2.48. The van der Waals surface area contributed by atoms with Gasteiger partial charge in [-0.25, -0.2) is 9.69 Å². The molecule has 1 rings (SSSR count). The van der Waals surface area contributed by atoms with Crippen LogP contribution in [0.25, 0.3) is 0 Å². The monoisotopic (exact) mass is 320 g/mol. The molecule has 0 radical (unpaired) electrons. The van der Waals surface area contributed by atoms with Crippen LogP contribution in [0, 0.1) is 0 Å². The van der Waals surface area contributed by atoms with Crippen LogP contribution in [0.15, 0.2) is 29.4 Å². The molecule has 1 atom stereocenters. The molecule has 0 heterocycles. The summed E-state index contributed by atoms with van der Waals surface area (Å²) in [7, 11) is 0. The molecular formula is C16H24N4O3. The molecule has 0 aromatic heterocycles. The van der Waals surface area contributed by atoms with Crippen molar-refractivity contribution >= 4 is 18.2 Å². The van der Waals surface area contributed by atoms with E-state index in [-0.39, 0.29) is 12.6 Å². The minimum absolute atomic E-state index is 0.206. The molecule has 2 amide bonds. The van der Waals surface area contributed by atoms with Gasteiger partial charge in [0, 0.05) is 6.54 Å². The number of hydrogen-bond acceptors (Lipinski definition) is 6. The van der Waals surface area contributed by atoms with E-state index in [2.05, 4.69) is 5.10 Å². The third-order valence-corrected chi connectivity index (χ3v) is 3.09. The highest BCUT2D eigenvalue weighted by atomic mass is 16.6. The van der Waals surface area contributed by atoms with E-state index in [4.69, 9.17) is 16.3 Å². The second kappa shape index (κ2) is 8.89. The third kappa shape index (κ3) is 5.71. The summed E-state index contributed by atoms with van der Waals surface area (Å²) in [4.78, 5) is 25.3. The van der Waals surface area contributed by atoms with Crippen molar-refractivity contribution in [3.05, 3.63) is 35.4 Å². The zero-order valence-electron chi connectivity index (χ0n) is 13.7. The standard InChI is InChI=1S/C16H24N4O3/c1-4-20(16(22)23-11(2)3)15(21)14(17)9-12-6-5-7-13(8-12)10-19-18/h5-8,10-11,14H,4,9,17-18H2,1-3H3/t14-/m0/s1. The number of imide groups is 1. The summed E-state index contributed by atoms with van der Waals surface area (Å²) < 4.78 is 5.06. The van der Waals surface area contributed by atoms with Gasteiger partial charge in [0.05, 0.1) is 18.4 Å². The molecule has 7 nitrogen and oxygen atoms in total. The van der Waals surface area contributed by atoms with Crippen molar-refractivity contribution in [2.75, 3.05) is 6.54 Å². The molecule has 1 aromatic carbocycles. The van der Waals surface area contributed by atoms with E-state index in [1.807, 2.05) is 24.3 Å². The quantitative estimate of drug-likeness (QED) is 0.465.